The Morgan fingerprint density at radius 3 is 0.847 bits per heavy atom. The maximum absolute atomic E-state index is 12.8. The van der Waals surface area contributed by atoms with Crippen LogP contribution >= 0.6 is 0 Å². The predicted octanol–water partition coefficient (Wildman–Crippen LogP) is 19.8. The second-order valence-corrected chi connectivity index (χ2v) is 18.8. The van der Waals surface area contributed by atoms with Crippen molar-refractivity contribution >= 4 is 17.9 Å². The average Bonchev–Trinajstić information content (AvgIpc) is 3.38. The molecular weight excluding hydrogens is 889 g/mol. The van der Waals surface area contributed by atoms with E-state index in [1.165, 1.54) is 51.4 Å². The van der Waals surface area contributed by atoms with Gasteiger partial charge in [-0.05, 0) is 116 Å². The van der Waals surface area contributed by atoms with Gasteiger partial charge < -0.3 is 14.2 Å². The first-order valence-corrected chi connectivity index (χ1v) is 29.2. The maximum atomic E-state index is 12.8. The van der Waals surface area contributed by atoms with Crippen LogP contribution in [-0.2, 0) is 28.6 Å². The molecule has 0 aromatic rings. The van der Waals surface area contributed by atoms with E-state index in [4.69, 9.17) is 14.2 Å². The summed E-state index contributed by atoms with van der Waals surface area (Å²) in [4.78, 5) is 37.8. The van der Waals surface area contributed by atoms with Crippen LogP contribution in [0.25, 0.3) is 0 Å². The van der Waals surface area contributed by atoms with Crippen molar-refractivity contribution in [3.05, 3.63) is 134 Å². The van der Waals surface area contributed by atoms with E-state index in [1.54, 1.807) is 0 Å². The van der Waals surface area contributed by atoms with Crippen LogP contribution < -0.4 is 0 Å². The monoisotopic (exact) mass is 995 g/mol. The Morgan fingerprint density at radius 2 is 0.542 bits per heavy atom. The molecule has 72 heavy (non-hydrogen) atoms. The van der Waals surface area contributed by atoms with Gasteiger partial charge >= 0.3 is 17.9 Å². The molecule has 0 fully saturated rings. The highest BCUT2D eigenvalue weighted by molar-refractivity contribution is 5.71. The summed E-state index contributed by atoms with van der Waals surface area (Å²) < 4.78 is 16.7. The summed E-state index contributed by atoms with van der Waals surface area (Å²) in [6.45, 7) is 6.32. The summed E-state index contributed by atoms with van der Waals surface area (Å²) >= 11 is 0. The molecule has 0 aromatic carbocycles. The normalized spacial score (nSPS) is 13.1. The highest BCUT2D eigenvalue weighted by Gasteiger charge is 2.19. The zero-order valence-electron chi connectivity index (χ0n) is 46.4. The quantitative estimate of drug-likeness (QED) is 0.0261. The number of unbranched alkanes of at least 4 members (excludes halogenated alkanes) is 18. The standard InChI is InChI=1S/C66H106O6/c1-4-7-10-13-16-18-20-22-24-25-26-27-28-29-30-31-32-33-34-35-36-37-38-39-40-41-43-44-46-48-50-53-56-59-65(68)71-62-63(61-70-64(67)58-55-52-15-12-9-6-3)72-66(69)60-57-54-51-49-47-45-42-23-21-19-17-14-11-8-5-2/h7-8,10-11,16-19,22-24,26-27,29-30,32-33,35-36,38-39,42,63H,4-6,9,12-15,20-21,25,28,31,34,37,40-41,43-62H2,1-3H3/b10-7-,11-8-,18-16-,19-17-,24-22-,27-26-,30-29-,33-32-,36-35-,39-38-,42-23-. The van der Waals surface area contributed by atoms with Gasteiger partial charge in [0.15, 0.2) is 6.10 Å². The Morgan fingerprint density at radius 1 is 0.292 bits per heavy atom. The van der Waals surface area contributed by atoms with Crippen molar-refractivity contribution in [2.75, 3.05) is 13.2 Å². The van der Waals surface area contributed by atoms with Crippen molar-refractivity contribution in [2.45, 2.75) is 252 Å². The third-order valence-corrected chi connectivity index (χ3v) is 11.9. The van der Waals surface area contributed by atoms with Crippen LogP contribution in [0.2, 0.25) is 0 Å². The molecule has 1 unspecified atom stereocenters. The third kappa shape index (κ3) is 56.5. The van der Waals surface area contributed by atoms with Gasteiger partial charge in [-0.15, -0.1) is 0 Å². The topological polar surface area (TPSA) is 78.9 Å². The fourth-order valence-corrected chi connectivity index (χ4v) is 7.59. The van der Waals surface area contributed by atoms with E-state index < -0.39 is 6.10 Å². The van der Waals surface area contributed by atoms with Gasteiger partial charge in [-0.1, -0.05) is 244 Å². The summed E-state index contributed by atoms with van der Waals surface area (Å²) in [7, 11) is 0. The molecule has 0 rings (SSSR count). The summed E-state index contributed by atoms with van der Waals surface area (Å²) in [5.74, 6) is -0.931. The number of rotatable bonds is 51. The molecule has 0 spiro atoms. The lowest BCUT2D eigenvalue weighted by Crippen LogP contribution is -2.30. The smallest absolute Gasteiger partial charge is 0.306 e. The molecule has 0 amide bonds. The number of esters is 3. The molecule has 0 aliphatic heterocycles. The predicted molar refractivity (Wildman–Crippen MR) is 311 cm³/mol. The summed E-state index contributed by atoms with van der Waals surface area (Å²) in [6.07, 6.45) is 83.4. The molecule has 0 aliphatic rings. The molecule has 1 atom stereocenters. The second kappa shape index (κ2) is 59.1. The average molecular weight is 996 g/mol. The molecule has 0 aliphatic carbocycles. The van der Waals surface area contributed by atoms with Gasteiger partial charge in [0, 0.05) is 19.3 Å². The number of allylic oxidation sites excluding steroid dienone is 22. The highest BCUT2D eigenvalue weighted by Crippen LogP contribution is 2.14. The van der Waals surface area contributed by atoms with Gasteiger partial charge in [-0.25, -0.2) is 0 Å². The van der Waals surface area contributed by atoms with Crippen LogP contribution in [0.15, 0.2) is 134 Å². The summed E-state index contributed by atoms with van der Waals surface area (Å²) in [5.41, 5.74) is 0. The Labute approximate surface area is 443 Å². The van der Waals surface area contributed by atoms with Crippen LogP contribution in [0.4, 0.5) is 0 Å². The summed E-state index contributed by atoms with van der Waals surface area (Å²) in [6, 6.07) is 0. The number of hydrogen-bond donors (Lipinski definition) is 0. The van der Waals surface area contributed by atoms with Crippen molar-refractivity contribution in [3.63, 3.8) is 0 Å². The van der Waals surface area contributed by atoms with Crippen molar-refractivity contribution < 1.29 is 28.6 Å². The molecule has 0 radical (unpaired) electrons. The lowest BCUT2D eigenvalue weighted by atomic mass is 10.1. The zero-order valence-corrected chi connectivity index (χ0v) is 46.4. The van der Waals surface area contributed by atoms with E-state index in [9.17, 15) is 14.4 Å². The Bertz CT molecular complexity index is 1560. The van der Waals surface area contributed by atoms with Crippen LogP contribution in [0.3, 0.4) is 0 Å². The summed E-state index contributed by atoms with van der Waals surface area (Å²) in [5, 5.41) is 0. The SMILES string of the molecule is CC/C=C\C/C=C\C/C=C\C/C=C\C/C=C\C/C=C\C/C=C\C/C=C\CCCCCCCCCCC(=O)OCC(COC(=O)CCCCCCCC)OC(=O)CCCCCCC/C=C\C/C=C\C/C=C\CC. The Hall–Kier alpha value is -4.45. The van der Waals surface area contributed by atoms with E-state index in [0.29, 0.717) is 19.3 Å². The highest BCUT2D eigenvalue weighted by atomic mass is 16.6. The van der Waals surface area contributed by atoms with Gasteiger partial charge in [-0.3, -0.25) is 14.4 Å². The van der Waals surface area contributed by atoms with Crippen LogP contribution in [-0.4, -0.2) is 37.2 Å². The van der Waals surface area contributed by atoms with Crippen LogP contribution in [0, 0.1) is 0 Å². The minimum Gasteiger partial charge on any atom is -0.462 e. The molecule has 0 aromatic heterocycles. The fourth-order valence-electron chi connectivity index (χ4n) is 7.59. The minimum absolute atomic E-state index is 0.0904. The van der Waals surface area contributed by atoms with Gasteiger partial charge in [0.2, 0.25) is 0 Å². The minimum atomic E-state index is -0.790. The number of ether oxygens (including phenoxy) is 3. The molecule has 0 N–H and O–H groups in total. The molecule has 6 heteroatoms. The van der Waals surface area contributed by atoms with Crippen molar-refractivity contribution in [3.8, 4) is 0 Å². The lowest BCUT2D eigenvalue weighted by Gasteiger charge is -2.18. The van der Waals surface area contributed by atoms with Gasteiger partial charge in [0.05, 0.1) is 0 Å². The van der Waals surface area contributed by atoms with Crippen LogP contribution in [0.5, 0.6) is 0 Å². The molecular formula is C66H106O6. The second-order valence-electron chi connectivity index (χ2n) is 18.8. The van der Waals surface area contributed by atoms with Gasteiger partial charge in [0.1, 0.15) is 13.2 Å². The van der Waals surface area contributed by atoms with E-state index in [1.807, 2.05) is 0 Å². The first-order chi connectivity index (χ1) is 35.5. The maximum Gasteiger partial charge on any atom is 0.306 e. The number of hydrogen-bond acceptors (Lipinski definition) is 6. The molecule has 0 bridgehead atoms. The van der Waals surface area contributed by atoms with Crippen LogP contribution in [0.1, 0.15) is 245 Å². The molecule has 0 saturated carbocycles. The largest absolute Gasteiger partial charge is 0.462 e. The first-order valence-electron chi connectivity index (χ1n) is 29.2. The number of carbonyl (C=O) groups is 3. The van der Waals surface area contributed by atoms with Crippen molar-refractivity contribution in [1.29, 1.82) is 0 Å². The van der Waals surface area contributed by atoms with Gasteiger partial charge in [-0.2, -0.15) is 0 Å². The fraction of sp³-hybridized carbons (Fsp3) is 0.621. The zero-order chi connectivity index (χ0) is 52.2. The molecule has 0 heterocycles. The van der Waals surface area contributed by atoms with Gasteiger partial charge in [0.25, 0.3) is 0 Å². The molecule has 406 valence electrons. The lowest BCUT2D eigenvalue weighted by molar-refractivity contribution is -0.167. The molecule has 6 nitrogen and oxygen atoms in total. The van der Waals surface area contributed by atoms with Crippen molar-refractivity contribution in [2.24, 2.45) is 0 Å². The number of carbonyl (C=O) groups excluding carboxylic acids is 3. The third-order valence-electron chi connectivity index (χ3n) is 11.9. The Balaban J connectivity index is 4.13. The molecule has 0 saturated heterocycles. The van der Waals surface area contributed by atoms with E-state index in [-0.39, 0.29) is 31.1 Å². The van der Waals surface area contributed by atoms with E-state index >= 15 is 0 Å². The van der Waals surface area contributed by atoms with Crippen molar-refractivity contribution in [1.82, 2.24) is 0 Å². The Kier molecular flexibility index (Phi) is 55.5. The first kappa shape index (κ1) is 67.5. The van der Waals surface area contributed by atoms with E-state index in [2.05, 4.69) is 154 Å². The van der Waals surface area contributed by atoms with E-state index in [0.717, 1.165) is 154 Å².